The van der Waals surface area contributed by atoms with Gasteiger partial charge >= 0.3 is 0 Å². The highest BCUT2D eigenvalue weighted by molar-refractivity contribution is 5.67. The third-order valence-electron chi connectivity index (χ3n) is 7.14. The van der Waals surface area contributed by atoms with Crippen LogP contribution in [0.2, 0.25) is 0 Å². The molecular weight excluding hydrogens is 490 g/mol. The minimum atomic E-state index is 0.534. The normalized spacial score (nSPS) is 19.1. The van der Waals surface area contributed by atoms with Crippen molar-refractivity contribution in [2.45, 2.75) is 72.1 Å². The van der Waals surface area contributed by atoms with Gasteiger partial charge in [-0.25, -0.2) is 0 Å². The summed E-state index contributed by atoms with van der Waals surface area (Å²) in [5.41, 5.74) is 5.77. The van der Waals surface area contributed by atoms with Crippen molar-refractivity contribution in [3.63, 3.8) is 0 Å². The Morgan fingerprint density at radius 3 is 2.27 bits per heavy atom. The molecule has 2 aliphatic rings. The molecule has 1 aliphatic heterocycles. The average molecular weight is 542 g/mol. The largest absolute Gasteiger partial charge is 0.337 e. The van der Waals surface area contributed by atoms with Crippen LogP contribution < -0.4 is 0 Å². The van der Waals surface area contributed by atoms with Gasteiger partial charge in [0.25, 0.3) is 0 Å². The molecule has 0 saturated carbocycles. The standard InChI is InChI=1S/C29H39NO.C7H10.CH2O/c1-5-8-12-25(7-3)14-10-11-15-28-21-30(23-31)22-29(24(28)4)20-27-18-16-26(17-19-27)13-9-6-2;1-7-5-3-2-4-6-7;1-2/h7,10-11,15-20,23,25H,3-6,8-9,12-14,21-22H2,1-2H3;2-5,7H,6H2,1H3;1H2/b11-10+,28-15+,29-20+;;. The Bertz CT molecular complexity index is 1040. The Hall–Kier alpha value is -3.46. The zero-order chi connectivity index (χ0) is 29.6. The van der Waals surface area contributed by atoms with Gasteiger partial charge in [0.1, 0.15) is 6.79 Å². The van der Waals surface area contributed by atoms with E-state index < -0.39 is 0 Å². The topological polar surface area (TPSA) is 37.4 Å². The van der Waals surface area contributed by atoms with Crippen LogP contribution in [0.1, 0.15) is 76.8 Å². The predicted molar refractivity (Wildman–Crippen MR) is 174 cm³/mol. The number of hydrogen-bond acceptors (Lipinski definition) is 2. The minimum Gasteiger partial charge on any atom is -0.337 e. The summed E-state index contributed by atoms with van der Waals surface area (Å²) in [4.78, 5) is 21.3. The summed E-state index contributed by atoms with van der Waals surface area (Å²) in [6.07, 6.45) is 29.7. The lowest BCUT2D eigenvalue weighted by Crippen LogP contribution is -2.32. The molecular formula is C37H51NO2. The van der Waals surface area contributed by atoms with Crippen molar-refractivity contribution in [3.05, 3.63) is 114 Å². The third kappa shape index (κ3) is 13.6. The Balaban J connectivity index is 0.000000759. The maximum Gasteiger partial charge on any atom is 0.210 e. The number of hydrogen-bond donors (Lipinski definition) is 0. The second kappa shape index (κ2) is 21.4. The van der Waals surface area contributed by atoms with E-state index in [2.05, 4.69) is 113 Å². The molecule has 0 aromatic heterocycles. The van der Waals surface area contributed by atoms with Crippen LogP contribution in [0, 0.1) is 11.8 Å². The molecule has 1 aromatic carbocycles. The van der Waals surface area contributed by atoms with Crippen LogP contribution in [0.25, 0.3) is 6.08 Å². The number of rotatable bonds is 12. The van der Waals surface area contributed by atoms with Crippen molar-refractivity contribution in [1.29, 1.82) is 0 Å². The van der Waals surface area contributed by atoms with E-state index in [-0.39, 0.29) is 0 Å². The second-order valence-electron chi connectivity index (χ2n) is 10.5. The number of amides is 1. The third-order valence-corrected chi connectivity index (χ3v) is 7.14. The molecule has 3 nitrogen and oxygen atoms in total. The summed E-state index contributed by atoms with van der Waals surface area (Å²) >= 11 is 0. The van der Waals surface area contributed by atoms with E-state index in [1.54, 1.807) is 0 Å². The van der Waals surface area contributed by atoms with Gasteiger partial charge in [-0.2, -0.15) is 0 Å². The van der Waals surface area contributed by atoms with Crippen molar-refractivity contribution < 1.29 is 9.59 Å². The van der Waals surface area contributed by atoms with Crippen molar-refractivity contribution in [2.75, 3.05) is 13.1 Å². The van der Waals surface area contributed by atoms with Crippen molar-refractivity contribution >= 4 is 19.3 Å². The Morgan fingerprint density at radius 2 is 1.73 bits per heavy atom. The second-order valence-corrected chi connectivity index (χ2v) is 10.5. The molecule has 2 atom stereocenters. The van der Waals surface area contributed by atoms with Gasteiger partial charge in [-0.3, -0.25) is 4.79 Å². The van der Waals surface area contributed by atoms with Crippen LogP contribution >= 0.6 is 0 Å². The highest BCUT2D eigenvalue weighted by Crippen LogP contribution is 2.27. The summed E-state index contributed by atoms with van der Waals surface area (Å²) < 4.78 is 0. The smallest absolute Gasteiger partial charge is 0.210 e. The first kappa shape index (κ1) is 34.6. The van der Waals surface area contributed by atoms with E-state index in [1.807, 2.05) is 11.7 Å². The SMILES string of the molecule is C=CC(C/C=C/C=C1\CN(C=O)C/C(=C\c2ccc(CCCC)cc2)C1=C)CCCC.C=O.CC1C=CC=CC1. The maximum atomic E-state index is 11.5. The number of aryl methyl sites for hydroxylation is 1. The van der Waals surface area contributed by atoms with Gasteiger partial charge in [-0.1, -0.05) is 119 Å². The van der Waals surface area contributed by atoms with E-state index in [1.165, 1.54) is 44.1 Å². The number of carbonyl (C=O) groups excluding carboxylic acids is 2. The van der Waals surface area contributed by atoms with Gasteiger partial charge in [-0.15, -0.1) is 6.58 Å². The number of nitrogens with zero attached hydrogens (tertiary/aromatic N) is 1. The first-order valence-corrected chi connectivity index (χ1v) is 14.8. The van der Waals surface area contributed by atoms with Gasteiger partial charge in [0.15, 0.2) is 0 Å². The van der Waals surface area contributed by atoms with Gasteiger partial charge in [0.05, 0.1) is 0 Å². The molecule has 3 heteroatoms. The highest BCUT2D eigenvalue weighted by atomic mass is 16.1. The summed E-state index contributed by atoms with van der Waals surface area (Å²) in [5.74, 6) is 1.30. The van der Waals surface area contributed by atoms with Gasteiger partial charge in [0.2, 0.25) is 6.41 Å². The van der Waals surface area contributed by atoms with E-state index >= 15 is 0 Å². The van der Waals surface area contributed by atoms with Gasteiger partial charge in [-0.05, 0) is 77.9 Å². The lowest BCUT2D eigenvalue weighted by molar-refractivity contribution is -0.117. The Kier molecular flexibility index (Phi) is 18.5. The molecule has 2 unspecified atom stereocenters. The minimum absolute atomic E-state index is 0.534. The molecule has 1 fully saturated rings. The van der Waals surface area contributed by atoms with E-state index in [0.29, 0.717) is 19.0 Å². The van der Waals surface area contributed by atoms with Crippen LogP contribution in [-0.2, 0) is 16.0 Å². The molecule has 216 valence electrons. The fourth-order valence-electron chi connectivity index (χ4n) is 4.55. The maximum absolute atomic E-state index is 11.5. The van der Waals surface area contributed by atoms with Crippen LogP contribution in [0.3, 0.4) is 0 Å². The molecule has 1 aliphatic carbocycles. The number of piperidine rings is 1. The Labute approximate surface area is 244 Å². The molecule has 0 spiro atoms. The highest BCUT2D eigenvalue weighted by Gasteiger charge is 2.20. The van der Waals surface area contributed by atoms with Crippen LogP contribution in [-0.4, -0.2) is 31.2 Å². The first-order chi connectivity index (χ1) is 19.5. The monoisotopic (exact) mass is 541 g/mol. The number of benzene rings is 1. The quantitative estimate of drug-likeness (QED) is 0.195. The lowest BCUT2D eigenvalue weighted by Gasteiger charge is -2.29. The molecule has 1 heterocycles. The van der Waals surface area contributed by atoms with Crippen molar-refractivity contribution in [1.82, 2.24) is 4.90 Å². The number of likely N-dealkylation sites (tertiary alicyclic amines) is 1. The number of allylic oxidation sites excluding steroid dienone is 8. The van der Waals surface area contributed by atoms with E-state index in [9.17, 15) is 4.79 Å². The lowest BCUT2D eigenvalue weighted by atomic mass is 9.92. The van der Waals surface area contributed by atoms with E-state index in [0.717, 1.165) is 47.5 Å². The summed E-state index contributed by atoms with van der Waals surface area (Å²) in [6.45, 7) is 18.2. The molecule has 0 N–H and O–H groups in total. The van der Waals surface area contributed by atoms with Gasteiger partial charge < -0.3 is 9.69 Å². The molecule has 0 radical (unpaired) electrons. The van der Waals surface area contributed by atoms with Crippen LogP contribution in [0.5, 0.6) is 0 Å². The van der Waals surface area contributed by atoms with Crippen molar-refractivity contribution in [3.8, 4) is 0 Å². The Morgan fingerprint density at radius 1 is 1.02 bits per heavy atom. The summed E-state index contributed by atoms with van der Waals surface area (Å²) in [6, 6.07) is 8.75. The predicted octanol–water partition coefficient (Wildman–Crippen LogP) is 9.26. The zero-order valence-electron chi connectivity index (χ0n) is 25.2. The molecule has 40 heavy (non-hydrogen) atoms. The summed E-state index contributed by atoms with van der Waals surface area (Å²) in [5, 5.41) is 0. The van der Waals surface area contributed by atoms with Crippen LogP contribution in [0.4, 0.5) is 0 Å². The van der Waals surface area contributed by atoms with Gasteiger partial charge in [0, 0.05) is 13.1 Å². The molecule has 3 rings (SSSR count). The number of unbranched alkanes of at least 4 members (excludes halogenated alkanes) is 2. The fraction of sp³-hybridized carbons (Fsp3) is 0.405. The van der Waals surface area contributed by atoms with E-state index in [4.69, 9.17) is 4.79 Å². The summed E-state index contributed by atoms with van der Waals surface area (Å²) in [7, 11) is 0. The molecule has 0 bridgehead atoms. The zero-order valence-corrected chi connectivity index (χ0v) is 25.2. The molecule has 1 amide bonds. The molecule has 1 aromatic rings. The fourth-order valence-corrected chi connectivity index (χ4v) is 4.55. The molecule has 1 saturated heterocycles. The average Bonchev–Trinajstić information content (AvgIpc) is 2.99. The number of carbonyl (C=O) groups is 2. The van der Waals surface area contributed by atoms with Crippen LogP contribution in [0.15, 0.2) is 103 Å². The first-order valence-electron chi connectivity index (χ1n) is 14.8. The van der Waals surface area contributed by atoms with Crippen molar-refractivity contribution in [2.24, 2.45) is 11.8 Å².